The van der Waals surface area contributed by atoms with Crippen LogP contribution in [-0.2, 0) is 12.4 Å². The molecule has 6 nitrogen and oxygen atoms in total. The lowest BCUT2D eigenvalue weighted by Gasteiger charge is -2.14. The number of anilines is 1. The molecule has 0 aliphatic rings. The number of alkyl halides is 6. The van der Waals surface area contributed by atoms with Crippen LogP contribution in [0.2, 0.25) is 0 Å². The van der Waals surface area contributed by atoms with E-state index in [1.54, 1.807) is 12.1 Å². The van der Waals surface area contributed by atoms with Gasteiger partial charge in [-0.15, -0.1) is 0 Å². The fraction of sp³-hybridized carbons (Fsp3) is 0.100. The minimum atomic E-state index is -5.00. The van der Waals surface area contributed by atoms with Crippen molar-refractivity contribution in [1.82, 2.24) is 19.7 Å². The van der Waals surface area contributed by atoms with E-state index in [-0.39, 0.29) is 11.4 Å². The SMILES string of the molecule is O=C(Nc1ccnc(C(F)(F)F)c1)c1cnn(-c2cccc3ncccc23)c1C(F)(F)F. The molecule has 0 radical (unpaired) electrons. The predicted octanol–water partition coefficient (Wildman–Crippen LogP) is 5.11. The van der Waals surface area contributed by atoms with Crippen LogP contribution in [0.5, 0.6) is 0 Å². The Morgan fingerprint density at radius 2 is 1.69 bits per heavy atom. The summed E-state index contributed by atoms with van der Waals surface area (Å²) in [5.74, 6) is -1.28. The van der Waals surface area contributed by atoms with Crippen LogP contribution in [0.25, 0.3) is 16.6 Å². The third-order valence-corrected chi connectivity index (χ3v) is 4.44. The van der Waals surface area contributed by atoms with Crippen molar-refractivity contribution in [3.05, 3.63) is 78.0 Å². The molecule has 32 heavy (non-hydrogen) atoms. The minimum Gasteiger partial charge on any atom is -0.322 e. The summed E-state index contributed by atoms with van der Waals surface area (Å²) in [7, 11) is 0. The van der Waals surface area contributed by atoms with Crippen LogP contribution >= 0.6 is 0 Å². The number of pyridine rings is 2. The van der Waals surface area contributed by atoms with E-state index in [1.807, 2.05) is 5.32 Å². The Morgan fingerprint density at radius 1 is 0.906 bits per heavy atom. The van der Waals surface area contributed by atoms with Crippen molar-refractivity contribution in [2.45, 2.75) is 12.4 Å². The van der Waals surface area contributed by atoms with Crippen LogP contribution in [0.15, 0.2) is 61.1 Å². The van der Waals surface area contributed by atoms with Crippen LogP contribution in [-0.4, -0.2) is 25.7 Å². The zero-order valence-corrected chi connectivity index (χ0v) is 15.7. The number of benzene rings is 1. The molecule has 12 heteroatoms. The van der Waals surface area contributed by atoms with Gasteiger partial charge in [0.2, 0.25) is 0 Å². The van der Waals surface area contributed by atoms with E-state index in [0.29, 0.717) is 27.8 Å². The Labute approximate surface area is 175 Å². The lowest BCUT2D eigenvalue weighted by atomic mass is 10.1. The number of nitrogens with one attached hydrogen (secondary N) is 1. The average molecular weight is 451 g/mol. The fourth-order valence-corrected chi connectivity index (χ4v) is 3.10. The second kappa shape index (κ2) is 7.62. The van der Waals surface area contributed by atoms with Gasteiger partial charge in [0.15, 0.2) is 5.69 Å². The maximum Gasteiger partial charge on any atom is 0.434 e. The molecule has 0 spiro atoms. The molecule has 0 aliphatic heterocycles. The van der Waals surface area contributed by atoms with Gasteiger partial charge in [-0.3, -0.25) is 14.8 Å². The first-order valence-corrected chi connectivity index (χ1v) is 8.89. The van der Waals surface area contributed by atoms with Crippen molar-refractivity contribution in [2.75, 3.05) is 5.32 Å². The molecule has 3 aromatic heterocycles. The van der Waals surface area contributed by atoms with Gasteiger partial charge in [-0.05, 0) is 36.4 Å². The van der Waals surface area contributed by atoms with E-state index in [9.17, 15) is 31.1 Å². The molecule has 0 saturated carbocycles. The number of hydrogen-bond donors (Lipinski definition) is 1. The standard InChI is InChI=1S/C20H11F6N5O/c21-19(22,23)16-9-11(6-8-28-16)30-18(32)13-10-29-31(17(13)20(24,25)26)15-5-1-4-14-12(15)3-2-7-27-14/h1-10H,(H,28,30,32). The number of nitrogens with zero attached hydrogens (tertiary/aromatic N) is 4. The highest BCUT2D eigenvalue weighted by atomic mass is 19.4. The largest absolute Gasteiger partial charge is 0.434 e. The summed E-state index contributed by atoms with van der Waals surface area (Å²) in [4.78, 5) is 19.8. The lowest BCUT2D eigenvalue weighted by molar-refractivity contribution is -0.143. The molecule has 0 saturated heterocycles. The highest BCUT2D eigenvalue weighted by molar-refractivity contribution is 6.05. The van der Waals surface area contributed by atoms with Crippen molar-refractivity contribution in [2.24, 2.45) is 0 Å². The van der Waals surface area contributed by atoms with E-state index in [2.05, 4.69) is 15.1 Å². The molecule has 1 amide bonds. The first-order valence-electron chi connectivity index (χ1n) is 8.89. The summed E-state index contributed by atoms with van der Waals surface area (Å²) in [6, 6.07) is 9.11. The van der Waals surface area contributed by atoms with Crippen LogP contribution in [0.3, 0.4) is 0 Å². The second-order valence-corrected chi connectivity index (χ2v) is 6.55. The van der Waals surface area contributed by atoms with Gasteiger partial charge in [-0.2, -0.15) is 31.4 Å². The number of carbonyl (C=O) groups is 1. The van der Waals surface area contributed by atoms with Gasteiger partial charge in [0.05, 0.1) is 23.0 Å². The molecule has 0 fully saturated rings. The quantitative estimate of drug-likeness (QED) is 0.440. The topological polar surface area (TPSA) is 72.7 Å². The monoisotopic (exact) mass is 451 g/mol. The summed E-state index contributed by atoms with van der Waals surface area (Å²) in [5, 5.41) is 6.14. The summed E-state index contributed by atoms with van der Waals surface area (Å²) in [5.41, 5.74) is -3.46. The van der Waals surface area contributed by atoms with Crippen LogP contribution in [0.1, 0.15) is 21.7 Å². The fourth-order valence-electron chi connectivity index (χ4n) is 3.10. The molecule has 4 aromatic rings. The highest BCUT2D eigenvalue weighted by Gasteiger charge is 2.41. The normalized spacial score (nSPS) is 12.2. The molecule has 0 unspecified atom stereocenters. The van der Waals surface area contributed by atoms with Crippen LogP contribution in [0, 0.1) is 0 Å². The van der Waals surface area contributed by atoms with E-state index in [0.717, 1.165) is 12.3 Å². The molecule has 1 N–H and O–H groups in total. The Morgan fingerprint density at radius 3 is 2.41 bits per heavy atom. The van der Waals surface area contributed by atoms with E-state index < -0.39 is 35.2 Å². The van der Waals surface area contributed by atoms with Crippen molar-refractivity contribution < 1.29 is 31.1 Å². The third kappa shape index (κ3) is 3.98. The van der Waals surface area contributed by atoms with Gasteiger partial charge < -0.3 is 5.32 Å². The number of fused-ring (bicyclic) bond motifs is 1. The Hall–Kier alpha value is -3.96. The maximum atomic E-state index is 13.9. The van der Waals surface area contributed by atoms with Crippen molar-refractivity contribution >= 4 is 22.5 Å². The number of aromatic nitrogens is 4. The summed E-state index contributed by atoms with van der Waals surface area (Å²) >= 11 is 0. The number of amides is 1. The van der Waals surface area contributed by atoms with E-state index >= 15 is 0 Å². The Kier molecular flexibility index (Phi) is 5.07. The first kappa shape index (κ1) is 21.3. The molecule has 0 bridgehead atoms. The predicted molar refractivity (Wildman–Crippen MR) is 101 cm³/mol. The zero-order chi connectivity index (χ0) is 23.1. The van der Waals surface area contributed by atoms with Gasteiger partial charge >= 0.3 is 12.4 Å². The van der Waals surface area contributed by atoms with Gasteiger partial charge in [0.25, 0.3) is 5.91 Å². The molecular weight excluding hydrogens is 440 g/mol. The van der Waals surface area contributed by atoms with Crippen LogP contribution < -0.4 is 5.32 Å². The van der Waals surface area contributed by atoms with Gasteiger partial charge in [-0.1, -0.05) is 6.07 Å². The second-order valence-electron chi connectivity index (χ2n) is 6.55. The first-order chi connectivity index (χ1) is 15.1. The summed E-state index contributed by atoms with van der Waals surface area (Å²) in [6.07, 6.45) is -6.81. The zero-order valence-electron chi connectivity index (χ0n) is 15.7. The lowest BCUT2D eigenvalue weighted by Crippen LogP contribution is -2.21. The molecule has 164 valence electrons. The van der Waals surface area contributed by atoms with Crippen molar-refractivity contribution in [3.63, 3.8) is 0 Å². The molecule has 4 rings (SSSR count). The Bertz CT molecular complexity index is 1310. The van der Waals surface area contributed by atoms with Crippen molar-refractivity contribution in [1.29, 1.82) is 0 Å². The van der Waals surface area contributed by atoms with Gasteiger partial charge in [0.1, 0.15) is 5.69 Å². The summed E-state index contributed by atoms with van der Waals surface area (Å²) < 4.78 is 80.8. The molecular formula is C20H11F6N5O. The minimum absolute atomic E-state index is 0.0326. The van der Waals surface area contributed by atoms with E-state index in [1.165, 1.54) is 24.4 Å². The van der Waals surface area contributed by atoms with Crippen molar-refractivity contribution in [3.8, 4) is 5.69 Å². The smallest absolute Gasteiger partial charge is 0.322 e. The maximum absolute atomic E-state index is 13.9. The van der Waals surface area contributed by atoms with Gasteiger partial charge in [0, 0.05) is 23.5 Å². The van der Waals surface area contributed by atoms with Crippen LogP contribution in [0.4, 0.5) is 32.0 Å². The number of hydrogen-bond acceptors (Lipinski definition) is 4. The Balaban J connectivity index is 1.78. The average Bonchev–Trinajstić information content (AvgIpc) is 3.19. The summed E-state index contributed by atoms with van der Waals surface area (Å²) in [6.45, 7) is 0. The number of rotatable bonds is 3. The van der Waals surface area contributed by atoms with Gasteiger partial charge in [-0.25, -0.2) is 4.68 Å². The molecule has 1 aromatic carbocycles. The number of halogens is 6. The highest BCUT2D eigenvalue weighted by Crippen LogP contribution is 2.35. The van der Waals surface area contributed by atoms with E-state index in [4.69, 9.17) is 0 Å². The third-order valence-electron chi connectivity index (χ3n) is 4.44. The number of carbonyl (C=O) groups excluding carboxylic acids is 1. The molecule has 3 heterocycles. The molecule has 0 atom stereocenters. The molecule has 0 aliphatic carbocycles.